The second-order valence-corrected chi connectivity index (χ2v) is 5.14. The summed E-state index contributed by atoms with van der Waals surface area (Å²) in [4.78, 5) is 39.8. The highest BCUT2D eigenvalue weighted by atomic mass is 35.5. The quantitative estimate of drug-likeness (QED) is 0.376. The van der Waals surface area contributed by atoms with E-state index in [4.69, 9.17) is 16.3 Å². The standard InChI is InChI=1S/C17H15ClN2O4/c1-2-24-15(22)10-14(21)19-12-8-9-13(18)20-16(12)17(23)11-6-4-3-5-7-11/h3-9H,2,10H2,1H3,(H,19,21). The van der Waals surface area contributed by atoms with Gasteiger partial charge in [0.15, 0.2) is 0 Å². The summed E-state index contributed by atoms with van der Waals surface area (Å²) >= 11 is 5.86. The first-order valence-electron chi connectivity index (χ1n) is 7.23. The van der Waals surface area contributed by atoms with Crippen LogP contribution in [0.5, 0.6) is 0 Å². The largest absolute Gasteiger partial charge is 0.466 e. The molecule has 0 saturated carbocycles. The van der Waals surface area contributed by atoms with Gasteiger partial charge in [0.2, 0.25) is 11.7 Å². The van der Waals surface area contributed by atoms with Gasteiger partial charge in [-0.25, -0.2) is 4.98 Å². The van der Waals surface area contributed by atoms with Gasteiger partial charge in [-0.3, -0.25) is 14.4 Å². The Morgan fingerprint density at radius 2 is 1.83 bits per heavy atom. The van der Waals surface area contributed by atoms with Crippen LogP contribution in [-0.4, -0.2) is 29.3 Å². The van der Waals surface area contributed by atoms with E-state index in [1.54, 1.807) is 37.3 Å². The third-order valence-corrected chi connectivity index (χ3v) is 3.21. The number of amides is 1. The molecule has 0 saturated heterocycles. The van der Waals surface area contributed by atoms with E-state index in [1.807, 2.05) is 0 Å². The highest BCUT2D eigenvalue weighted by Gasteiger charge is 2.19. The van der Waals surface area contributed by atoms with Crippen molar-refractivity contribution in [3.05, 3.63) is 58.9 Å². The highest BCUT2D eigenvalue weighted by Crippen LogP contribution is 2.20. The number of carbonyl (C=O) groups excluding carboxylic acids is 3. The number of rotatable bonds is 6. The third-order valence-electron chi connectivity index (χ3n) is 3.00. The smallest absolute Gasteiger partial charge is 0.315 e. The average Bonchev–Trinajstić information content (AvgIpc) is 2.56. The molecule has 1 heterocycles. The van der Waals surface area contributed by atoms with Crippen LogP contribution in [0.15, 0.2) is 42.5 Å². The van der Waals surface area contributed by atoms with Gasteiger partial charge in [-0.2, -0.15) is 0 Å². The number of aromatic nitrogens is 1. The van der Waals surface area contributed by atoms with E-state index >= 15 is 0 Å². The zero-order valence-corrected chi connectivity index (χ0v) is 13.7. The van der Waals surface area contributed by atoms with E-state index in [9.17, 15) is 14.4 Å². The van der Waals surface area contributed by atoms with Gasteiger partial charge in [0, 0.05) is 5.56 Å². The van der Waals surface area contributed by atoms with Crippen molar-refractivity contribution in [2.24, 2.45) is 0 Å². The maximum atomic E-state index is 12.6. The van der Waals surface area contributed by atoms with Crippen molar-refractivity contribution in [2.75, 3.05) is 11.9 Å². The second-order valence-electron chi connectivity index (χ2n) is 4.76. The number of anilines is 1. The molecule has 6 nitrogen and oxygen atoms in total. The van der Waals surface area contributed by atoms with Crippen molar-refractivity contribution in [2.45, 2.75) is 13.3 Å². The van der Waals surface area contributed by atoms with Crippen LogP contribution in [-0.2, 0) is 14.3 Å². The molecule has 1 aromatic carbocycles. The number of halogens is 1. The third kappa shape index (κ3) is 4.63. The second kappa shape index (κ2) is 8.21. The number of hydrogen-bond donors (Lipinski definition) is 1. The molecule has 1 N–H and O–H groups in total. The molecule has 24 heavy (non-hydrogen) atoms. The summed E-state index contributed by atoms with van der Waals surface area (Å²) in [5.74, 6) is -1.63. The monoisotopic (exact) mass is 346 g/mol. The molecule has 0 atom stereocenters. The van der Waals surface area contributed by atoms with Crippen LogP contribution in [0.25, 0.3) is 0 Å². The molecule has 1 aromatic heterocycles. The van der Waals surface area contributed by atoms with E-state index in [1.165, 1.54) is 12.1 Å². The van der Waals surface area contributed by atoms with Crippen LogP contribution < -0.4 is 5.32 Å². The molecule has 0 aliphatic rings. The van der Waals surface area contributed by atoms with Crippen LogP contribution in [0.2, 0.25) is 5.15 Å². The van der Waals surface area contributed by atoms with Crippen LogP contribution in [0.4, 0.5) is 5.69 Å². The zero-order chi connectivity index (χ0) is 17.5. The lowest BCUT2D eigenvalue weighted by atomic mass is 10.1. The predicted octanol–water partition coefficient (Wildman–Crippen LogP) is 2.86. The fourth-order valence-corrected chi connectivity index (χ4v) is 2.12. The predicted molar refractivity (Wildman–Crippen MR) is 89.0 cm³/mol. The molecule has 0 fully saturated rings. The summed E-state index contributed by atoms with van der Waals surface area (Å²) in [5, 5.41) is 2.62. The zero-order valence-electron chi connectivity index (χ0n) is 12.9. The van der Waals surface area contributed by atoms with E-state index in [-0.39, 0.29) is 28.9 Å². The van der Waals surface area contributed by atoms with Crippen molar-refractivity contribution in [3.63, 3.8) is 0 Å². The van der Waals surface area contributed by atoms with Crippen molar-refractivity contribution in [3.8, 4) is 0 Å². The van der Waals surface area contributed by atoms with Gasteiger partial charge in [0.25, 0.3) is 0 Å². The van der Waals surface area contributed by atoms with E-state index < -0.39 is 18.3 Å². The number of pyridine rings is 1. The molecule has 124 valence electrons. The Hall–Kier alpha value is -2.73. The van der Waals surface area contributed by atoms with Crippen LogP contribution in [0.1, 0.15) is 29.4 Å². The molecule has 7 heteroatoms. The summed E-state index contributed by atoms with van der Waals surface area (Å²) in [7, 11) is 0. The Morgan fingerprint density at radius 1 is 1.12 bits per heavy atom. The molecule has 0 bridgehead atoms. The molecule has 2 rings (SSSR count). The normalized spacial score (nSPS) is 10.1. The number of nitrogens with one attached hydrogen (secondary N) is 1. The lowest BCUT2D eigenvalue weighted by molar-refractivity contribution is -0.145. The molecule has 2 aromatic rings. The Morgan fingerprint density at radius 3 is 2.50 bits per heavy atom. The van der Waals surface area contributed by atoms with Gasteiger partial charge in [0.05, 0.1) is 12.3 Å². The number of ketones is 1. The summed E-state index contributed by atoms with van der Waals surface area (Å²) in [5.41, 5.74) is 0.599. The number of nitrogens with zero attached hydrogens (tertiary/aromatic N) is 1. The summed E-state index contributed by atoms with van der Waals surface area (Å²) in [6.07, 6.45) is -0.449. The molecule has 0 aliphatic heterocycles. The van der Waals surface area contributed by atoms with Crippen molar-refractivity contribution in [1.29, 1.82) is 0 Å². The first-order chi connectivity index (χ1) is 11.5. The molecule has 0 radical (unpaired) electrons. The van der Waals surface area contributed by atoms with Crippen molar-refractivity contribution in [1.82, 2.24) is 4.98 Å². The minimum Gasteiger partial charge on any atom is -0.466 e. The van der Waals surface area contributed by atoms with Gasteiger partial charge in [0.1, 0.15) is 17.3 Å². The van der Waals surface area contributed by atoms with Crippen LogP contribution >= 0.6 is 11.6 Å². The summed E-state index contributed by atoms with van der Waals surface area (Å²) < 4.78 is 4.71. The molecular weight excluding hydrogens is 332 g/mol. The van der Waals surface area contributed by atoms with Gasteiger partial charge in [-0.1, -0.05) is 41.9 Å². The highest BCUT2D eigenvalue weighted by molar-refractivity contribution is 6.30. The summed E-state index contributed by atoms with van der Waals surface area (Å²) in [6.45, 7) is 1.84. The maximum absolute atomic E-state index is 12.6. The lowest BCUT2D eigenvalue weighted by Gasteiger charge is -2.10. The summed E-state index contributed by atoms with van der Waals surface area (Å²) in [6, 6.07) is 11.4. The minimum atomic E-state index is -0.646. The number of hydrogen-bond acceptors (Lipinski definition) is 5. The van der Waals surface area contributed by atoms with E-state index in [0.717, 1.165) is 0 Å². The molecule has 0 spiro atoms. The molecule has 0 aliphatic carbocycles. The fraction of sp³-hybridized carbons (Fsp3) is 0.176. The SMILES string of the molecule is CCOC(=O)CC(=O)Nc1ccc(Cl)nc1C(=O)c1ccccc1. The topological polar surface area (TPSA) is 85.4 Å². The minimum absolute atomic E-state index is 0.00547. The first kappa shape index (κ1) is 17.6. The number of benzene rings is 1. The average molecular weight is 347 g/mol. The Labute approximate surface area is 143 Å². The lowest BCUT2D eigenvalue weighted by Crippen LogP contribution is -2.20. The Kier molecular flexibility index (Phi) is 6.03. The number of ether oxygens (including phenoxy) is 1. The molecular formula is C17H15ClN2O4. The number of esters is 1. The van der Waals surface area contributed by atoms with Crippen molar-refractivity contribution < 1.29 is 19.1 Å². The fourth-order valence-electron chi connectivity index (χ4n) is 1.97. The molecule has 0 unspecified atom stereocenters. The molecule has 1 amide bonds. The maximum Gasteiger partial charge on any atom is 0.315 e. The van der Waals surface area contributed by atoms with Gasteiger partial charge < -0.3 is 10.1 Å². The Bertz CT molecular complexity index is 762. The van der Waals surface area contributed by atoms with E-state index in [2.05, 4.69) is 10.3 Å². The van der Waals surface area contributed by atoms with E-state index in [0.29, 0.717) is 5.56 Å². The van der Waals surface area contributed by atoms with Crippen LogP contribution in [0, 0.1) is 0 Å². The van der Waals surface area contributed by atoms with Gasteiger partial charge in [-0.15, -0.1) is 0 Å². The number of carbonyl (C=O) groups is 3. The first-order valence-corrected chi connectivity index (χ1v) is 7.60. The Balaban J connectivity index is 2.23. The van der Waals surface area contributed by atoms with Gasteiger partial charge >= 0.3 is 5.97 Å². The van der Waals surface area contributed by atoms with Crippen LogP contribution in [0.3, 0.4) is 0 Å². The van der Waals surface area contributed by atoms with Crippen molar-refractivity contribution >= 4 is 34.9 Å². The van der Waals surface area contributed by atoms with Gasteiger partial charge in [-0.05, 0) is 19.1 Å².